The molecule has 1 amide bonds. The standard InChI is InChI=1S/C18H22N2O/c1-13(19-18(21)17-11-6-12-20(17)2)15-10-5-8-14-7-3-4-9-16(14)15/h3-5,7-10,13,17H,6,11-12H2,1-2H3,(H,19,21)/t13?,17-/m1/s1. The summed E-state index contributed by atoms with van der Waals surface area (Å²) in [6.07, 6.45) is 2.07. The lowest BCUT2D eigenvalue weighted by molar-refractivity contribution is -0.125. The lowest BCUT2D eigenvalue weighted by Crippen LogP contribution is -2.42. The molecule has 1 aliphatic heterocycles. The number of likely N-dealkylation sites (tertiary alicyclic amines) is 1. The Morgan fingerprint density at radius 3 is 2.76 bits per heavy atom. The molecule has 1 N–H and O–H groups in total. The second-order valence-corrected chi connectivity index (χ2v) is 5.94. The Bertz CT molecular complexity index is 647. The van der Waals surface area contributed by atoms with Crippen molar-refractivity contribution in [3.8, 4) is 0 Å². The molecule has 0 bridgehead atoms. The van der Waals surface area contributed by atoms with Crippen LogP contribution < -0.4 is 5.32 Å². The van der Waals surface area contributed by atoms with Gasteiger partial charge < -0.3 is 5.32 Å². The molecular formula is C18H22N2O. The van der Waals surface area contributed by atoms with Crippen molar-refractivity contribution >= 4 is 16.7 Å². The first kappa shape index (κ1) is 14.1. The lowest BCUT2D eigenvalue weighted by atomic mass is 9.99. The highest BCUT2D eigenvalue weighted by Gasteiger charge is 2.28. The molecule has 0 radical (unpaired) electrons. The minimum atomic E-state index is 0.0256. The second-order valence-electron chi connectivity index (χ2n) is 5.94. The van der Waals surface area contributed by atoms with Gasteiger partial charge in [-0.3, -0.25) is 9.69 Å². The summed E-state index contributed by atoms with van der Waals surface area (Å²) in [5, 5.41) is 5.61. The molecule has 21 heavy (non-hydrogen) atoms. The first-order valence-electron chi connectivity index (χ1n) is 7.65. The predicted octanol–water partition coefficient (Wildman–Crippen LogP) is 3.11. The van der Waals surface area contributed by atoms with Crippen molar-refractivity contribution in [1.82, 2.24) is 10.2 Å². The van der Waals surface area contributed by atoms with E-state index in [-0.39, 0.29) is 18.0 Å². The minimum Gasteiger partial charge on any atom is -0.348 e. The molecule has 110 valence electrons. The topological polar surface area (TPSA) is 32.3 Å². The van der Waals surface area contributed by atoms with E-state index in [2.05, 4.69) is 47.5 Å². The number of carbonyl (C=O) groups excluding carboxylic acids is 1. The van der Waals surface area contributed by atoms with E-state index in [1.54, 1.807) is 0 Å². The predicted molar refractivity (Wildman–Crippen MR) is 86.2 cm³/mol. The molecule has 1 heterocycles. The Morgan fingerprint density at radius 1 is 1.24 bits per heavy atom. The average Bonchev–Trinajstić information content (AvgIpc) is 2.92. The van der Waals surface area contributed by atoms with Crippen molar-refractivity contribution < 1.29 is 4.79 Å². The van der Waals surface area contributed by atoms with Crippen LogP contribution in [0.2, 0.25) is 0 Å². The molecule has 3 nitrogen and oxygen atoms in total. The van der Waals surface area contributed by atoms with Crippen LogP contribution >= 0.6 is 0 Å². The van der Waals surface area contributed by atoms with Gasteiger partial charge in [-0.05, 0) is 49.7 Å². The number of carbonyl (C=O) groups is 1. The van der Waals surface area contributed by atoms with Crippen molar-refractivity contribution in [3.63, 3.8) is 0 Å². The molecule has 1 unspecified atom stereocenters. The maximum absolute atomic E-state index is 12.4. The summed E-state index contributed by atoms with van der Waals surface area (Å²) >= 11 is 0. The maximum atomic E-state index is 12.4. The molecule has 0 saturated carbocycles. The molecular weight excluding hydrogens is 260 g/mol. The van der Waals surface area contributed by atoms with E-state index in [1.807, 2.05) is 19.2 Å². The fourth-order valence-corrected chi connectivity index (χ4v) is 3.26. The molecule has 0 aromatic heterocycles. The van der Waals surface area contributed by atoms with Crippen molar-refractivity contribution in [2.45, 2.75) is 31.8 Å². The van der Waals surface area contributed by atoms with Crippen LogP contribution in [0.4, 0.5) is 0 Å². The molecule has 3 rings (SSSR count). The highest BCUT2D eigenvalue weighted by Crippen LogP contribution is 2.24. The number of hydrogen-bond donors (Lipinski definition) is 1. The number of benzene rings is 2. The van der Waals surface area contributed by atoms with Gasteiger partial charge in [0.1, 0.15) is 0 Å². The summed E-state index contributed by atoms with van der Waals surface area (Å²) in [5.41, 5.74) is 1.18. The van der Waals surface area contributed by atoms with Crippen LogP contribution in [0.15, 0.2) is 42.5 Å². The summed E-state index contributed by atoms with van der Waals surface area (Å²) < 4.78 is 0. The zero-order valence-corrected chi connectivity index (χ0v) is 12.7. The Kier molecular flexibility index (Phi) is 3.93. The molecule has 2 aromatic carbocycles. The van der Waals surface area contributed by atoms with Crippen molar-refractivity contribution in [2.24, 2.45) is 0 Å². The third kappa shape index (κ3) is 2.79. The third-order valence-electron chi connectivity index (χ3n) is 4.47. The number of amides is 1. The third-order valence-corrected chi connectivity index (χ3v) is 4.47. The number of rotatable bonds is 3. The van der Waals surface area contributed by atoms with Gasteiger partial charge in [-0.2, -0.15) is 0 Å². The van der Waals surface area contributed by atoms with Crippen LogP contribution in [-0.4, -0.2) is 30.4 Å². The smallest absolute Gasteiger partial charge is 0.237 e. The largest absolute Gasteiger partial charge is 0.348 e. The molecule has 3 heteroatoms. The molecule has 1 fully saturated rings. The van der Waals surface area contributed by atoms with Crippen LogP contribution in [0.5, 0.6) is 0 Å². The first-order valence-corrected chi connectivity index (χ1v) is 7.65. The first-order chi connectivity index (χ1) is 10.2. The van der Waals surface area contributed by atoms with Crippen LogP contribution in [0, 0.1) is 0 Å². The number of fused-ring (bicyclic) bond motifs is 1. The summed E-state index contributed by atoms with van der Waals surface area (Å²) in [4.78, 5) is 14.6. The molecule has 0 aliphatic carbocycles. The van der Waals surface area contributed by atoms with E-state index in [0.717, 1.165) is 19.4 Å². The van der Waals surface area contributed by atoms with Crippen molar-refractivity contribution in [2.75, 3.05) is 13.6 Å². The van der Waals surface area contributed by atoms with E-state index in [4.69, 9.17) is 0 Å². The minimum absolute atomic E-state index is 0.0256. The highest BCUT2D eigenvalue weighted by atomic mass is 16.2. The van der Waals surface area contributed by atoms with Crippen molar-refractivity contribution in [3.05, 3.63) is 48.0 Å². The number of hydrogen-bond acceptors (Lipinski definition) is 2. The molecule has 2 aromatic rings. The van der Waals surface area contributed by atoms with E-state index < -0.39 is 0 Å². The summed E-state index contributed by atoms with van der Waals surface area (Å²) in [7, 11) is 2.03. The SMILES string of the molecule is CC(NC(=O)[C@H]1CCCN1C)c1cccc2ccccc12. The zero-order valence-electron chi connectivity index (χ0n) is 12.7. The fourth-order valence-electron chi connectivity index (χ4n) is 3.26. The molecule has 1 saturated heterocycles. The van der Waals surface area contributed by atoms with E-state index >= 15 is 0 Å². The summed E-state index contributed by atoms with van der Waals surface area (Å²) in [6.45, 7) is 3.08. The Balaban J connectivity index is 1.81. The molecule has 1 aliphatic rings. The summed E-state index contributed by atoms with van der Waals surface area (Å²) in [6, 6.07) is 14.6. The van der Waals surface area contributed by atoms with Gasteiger partial charge in [-0.15, -0.1) is 0 Å². The maximum Gasteiger partial charge on any atom is 0.237 e. The number of nitrogens with one attached hydrogen (secondary N) is 1. The Labute approximate surface area is 125 Å². The molecule has 2 atom stereocenters. The van der Waals surface area contributed by atoms with Crippen LogP contribution in [0.25, 0.3) is 10.8 Å². The van der Waals surface area contributed by atoms with Gasteiger partial charge >= 0.3 is 0 Å². The van der Waals surface area contributed by atoms with Gasteiger partial charge in [0.05, 0.1) is 12.1 Å². The zero-order chi connectivity index (χ0) is 14.8. The van der Waals surface area contributed by atoms with E-state index in [1.165, 1.54) is 16.3 Å². The van der Waals surface area contributed by atoms with E-state index in [9.17, 15) is 4.79 Å². The Hall–Kier alpha value is -1.87. The molecule has 0 spiro atoms. The van der Waals surface area contributed by atoms with Gasteiger partial charge in [0, 0.05) is 0 Å². The number of nitrogens with zero attached hydrogens (tertiary/aromatic N) is 1. The van der Waals surface area contributed by atoms with Gasteiger partial charge in [0.15, 0.2) is 0 Å². The second kappa shape index (κ2) is 5.86. The van der Waals surface area contributed by atoms with Gasteiger partial charge in [0.2, 0.25) is 5.91 Å². The normalized spacial score (nSPS) is 20.6. The van der Waals surface area contributed by atoms with Crippen LogP contribution in [0.3, 0.4) is 0 Å². The van der Waals surface area contributed by atoms with E-state index in [0.29, 0.717) is 0 Å². The van der Waals surface area contributed by atoms with Gasteiger partial charge in [0.25, 0.3) is 0 Å². The fraction of sp³-hybridized carbons (Fsp3) is 0.389. The summed E-state index contributed by atoms with van der Waals surface area (Å²) in [5.74, 6) is 0.149. The lowest BCUT2D eigenvalue weighted by Gasteiger charge is -2.22. The number of likely N-dealkylation sites (N-methyl/N-ethyl adjacent to an activating group) is 1. The van der Waals surface area contributed by atoms with Crippen LogP contribution in [0.1, 0.15) is 31.4 Å². The van der Waals surface area contributed by atoms with Gasteiger partial charge in [-0.25, -0.2) is 0 Å². The quantitative estimate of drug-likeness (QED) is 0.938. The average molecular weight is 282 g/mol. The Morgan fingerprint density at radius 2 is 2.00 bits per heavy atom. The van der Waals surface area contributed by atoms with Crippen LogP contribution in [-0.2, 0) is 4.79 Å². The monoisotopic (exact) mass is 282 g/mol. The highest BCUT2D eigenvalue weighted by molar-refractivity contribution is 5.87. The van der Waals surface area contributed by atoms with Crippen molar-refractivity contribution in [1.29, 1.82) is 0 Å². The van der Waals surface area contributed by atoms with Gasteiger partial charge in [-0.1, -0.05) is 42.5 Å².